The van der Waals surface area contributed by atoms with E-state index in [1.807, 2.05) is 41.0 Å². The van der Waals surface area contributed by atoms with Gasteiger partial charge in [-0.15, -0.1) is 11.3 Å². The highest BCUT2D eigenvalue weighted by Gasteiger charge is 2.19. The second-order valence-corrected chi connectivity index (χ2v) is 7.19. The number of amides is 1. The van der Waals surface area contributed by atoms with Crippen LogP contribution in [-0.2, 0) is 4.79 Å². The molecule has 0 radical (unpaired) electrons. The number of thiophene rings is 1. The standard InChI is InChI=1S/C21H21FN2OS/c1-15(16-6-3-2-4-7-16)23-14-20(25)24-21(19-8-5-13-26-19)17-9-11-18(22)12-10-17/h2-13,15,21,23H,14H2,1H3,(H,24,25)/p+1/t15-,21-/m1/s1. The minimum absolute atomic E-state index is 0.0458. The number of hydrogen-bond acceptors (Lipinski definition) is 2. The minimum Gasteiger partial charge on any atom is -0.339 e. The van der Waals surface area contributed by atoms with E-state index in [2.05, 4.69) is 24.4 Å². The summed E-state index contributed by atoms with van der Waals surface area (Å²) in [6.07, 6.45) is 0. The fourth-order valence-corrected chi connectivity index (χ4v) is 3.63. The fourth-order valence-electron chi connectivity index (χ4n) is 2.83. The van der Waals surface area contributed by atoms with Crippen LogP contribution in [0.1, 0.15) is 35.0 Å². The van der Waals surface area contributed by atoms with Crippen molar-refractivity contribution in [1.82, 2.24) is 5.32 Å². The first kappa shape index (κ1) is 18.3. The molecule has 134 valence electrons. The first-order chi connectivity index (χ1) is 12.6. The number of nitrogens with one attached hydrogen (secondary N) is 1. The third kappa shape index (κ3) is 4.77. The van der Waals surface area contributed by atoms with E-state index in [1.165, 1.54) is 17.7 Å². The Bertz CT molecular complexity index is 819. The van der Waals surface area contributed by atoms with Crippen LogP contribution in [0.5, 0.6) is 0 Å². The fraction of sp³-hybridized carbons (Fsp3) is 0.190. The molecule has 0 saturated carbocycles. The monoisotopic (exact) mass is 369 g/mol. The largest absolute Gasteiger partial charge is 0.339 e. The lowest BCUT2D eigenvalue weighted by Gasteiger charge is -2.18. The molecule has 0 bridgehead atoms. The van der Waals surface area contributed by atoms with Gasteiger partial charge in [0.05, 0.1) is 6.04 Å². The van der Waals surface area contributed by atoms with Gasteiger partial charge in [0, 0.05) is 10.4 Å². The number of quaternary nitrogens is 1. The summed E-state index contributed by atoms with van der Waals surface area (Å²) >= 11 is 1.57. The Morgan fingerprint density at radius 3 is 2.42 bits per heavy atom. The van der Waals surface area contributed by atoms with Crippen LogP contribution in [-0.4, -0.2) is 12.5 Å². The lowest BCUT2D eigenvalue weighted by molar-refractivity contribution is -0.682. The maximum absolute atomic E-state index is 13.2. The molecule has 2 aromatic carbocycles. The SMILES string of the molecule is C[C@@H]([NH2+]CC(=O)N[C@H](c1ccc(F)cc1)c1cccs1)c1ccccc1. The second-order valence-electron chi connectivity index (χ2n) is 6.21. The van der Waals surface area contributed by atoms with Crippen molar-refractivity contribution in [2.45, 2.75) is 19.0 Å². The normalized spacial score (nSPS) is 13.2. The highest BCUT2D eigenvalue weighted by atomic mass is 32.1. The molecule has 0 saturated heterocycles. The van der Waals surface area contributed by atoms with E-state index in [0.29, 0.717) is 6.54 Å². The smallest absolute Gasteiger partial charge is 0.275 e. The van der Waals surface area contributed by atoms with Crippen LogP contribution >= 0.6 is 11.3 Å². The average molecular weight is 369 g/mol. The number of halogens is 1. The van der Waals surface area contributed by atoms with Crippen LogP contribution in [0.2, 0.25) is 0 Å². The lowest BCUT2D eigenvalue weighted by atomic mass is 10.1. The Balaban J connectivity index is 1.65. The predicted molar refractivity (Wildman–Crippen MR) is 102 cm³/mol. The van der Waals surface area contributed by atoms with E-state index in [-0.39, 0.29) is 23.8 Å². The van der Waals surface area contributed by atoms with E-state index < -0.39 is 0 Å². The molecule has 0 aliphatic carbocycles. The Kier molecular flexibility index (Phi) is 6.15. The molecule has 3 nitrogen and oxygen atoms in total. The van der Waals surface area contributed by atoms with Crippen molar-refractivity contribution in [3.8, 4) is 0 Å². The summed E-state index contributed by atoms with van der Waals surface area (Å²) in [5.74, 6) is -0.328. The van der Waals surface area contributed by atoms with Gasteiger partial charge in [0.15, 0.2) is 6.54 Å². The topological polar surface area (TPSA) is 45.7 Å². The first-order valence-corrected chi connectivity index (χ1v) is 9.48. The van der Waals surface area contributed by atoms with Crippen molar-refractivity contribution in [2.24, 2.45) is 0 Å². The molecular weight excluding hydrogens is 347 g/mol. The molecule has 2 atom stereocenters. The van der Waals surface area contributed by atoms with E-state index in [1.54, 1.807) is 23.5 Å². The Morgan fingerprint density at radius 2 is 1.77 bits per heavy atom. The molecule has 5 heteroatoms. The Labute approximate surface area is 156 Å². The number of carbonyl (C=O) groups excluding carboxylic acids is 1. The molecule has 0 spiro atoms. The molecule has 3 N–H and O–H groups in total. The average Bonchev–Trinajstić information content (AvgIpc) is 3.20. The summed E-state index contributed by atoms with van der Waals surface area (Å²) in [7, 11) is 0. The molecule has 3 rings (SSSR count). The molecule has 3 aromatic rings. The summed E-state index contributed by atoms with van der Waals surface area (Å²) in [6.45, 7) is 2.42. The van der Waals surface area contributed by atoms with Gasteiger partial charge in [-0.3, -0.25) is 4.79 Å². The minimum atomic E-state index is -0.282. The van der Waals surface area contributed by atoms with Gasteiger partial charge < -0.3 is 10.6 Å². The number of carbonyl (C=O) groups is 1. The van der Waals surface area contributed by atoms with Crippen molar-refractivity contribution in [2.75, 3.05) is 6.54 Å². The van der Waals surface area contributed by atoms with Crippen molar-refractivity contribution >= 4 is 17.2 Å². The Morgan fingerprint density at radius 1 is 1.04 bits per heavy atom. The van der Waals surface area contributed by atoms with Gasteiger partial charge in [-0.05, 0) is 36.1 Å². The first-order valence-electron chi connectivity index (χ1n) is 8.60. The second kappa shape index (κ2) is 8.74. The number of hydrogen-bond donors (Lipinski definition) is 2. The highest BCUT2D eigenvalue weighted by molar-refractivity contribution is 7.10. The molecule has 1 heterocycles. The maximum atomic E-state index is 13.2. The predicted octanol–water partition coefficient (Wildman–Crippen LogP) is 3.42. The van der Waals surface area contributed by atoms with E-state index in [9.17, 15) is 9.18 Å². The van der Waals surface area contributed by atoms with Gasteiger partial charge in [0.2, 0.25) is 0 Å². The molecule has 0 fully saturated rings. The summed E-state index contributed by atoms with van der Waals surface area (Å²) in [5, 5.41) is 7.07. The zero-order valence-corrected chi connectivity index (χ0v) is 15.4. The summed E-state index contributed by atoms with van der Waals surface area (Å²) in [5.41, 5.74) is 2.06. The van der Waals surface area contributed by atoms with Crippen LogP contribution in [0, 0.1) is 5.82 Å². The van der Waals surface area contributed by atoms with E-state index >= 15 is 0 Å². The summed E-state index contributed by atoms with van der Waals surface area (Å²) in [6, 6.07) is 20.3. The molecule has 0 aliphatic heterocycles. The van der Waals surface area contributed by atoms with Crippen molar-refractivity contribution < 1.29 is 14.5 Å². The van der Waals surface area contributed by atoms with Crippen LogP contribution < -0.4 is 10.6 Å². The molecule has 1 amide bonds. The lowest BCUT2D eigenvalue weighted by Crippen LogP contribution is -2.87. The summed E-state index contributed by atoms with van der Waals surface area (Å²) < 4.78 is 13.2. The number of nitrogens with two attached hydrogens (primary N) is 1. The summed E-state index contributed by atoms with van der Waals surface area (Å²) in [4.78, 5) is 13.5. The zero-order chi connectivity index (χ0) is 18.4. The molecule has 1 aromatic heterocycles. The number of rotatable bonds is 7. The molecule has 0 aliphatic rings. The van der Waals surface area contributed by atoms with Crippen LogP contribution in [0.15, 0.2) is 72.1 Å². The maximum Gasteiger partial charge on any atom is 0.275 e. The van der Waals surface area contributed by atoms with Gasteiger partial charge in [-0.25, -0.2) is 4.39 Å². The van der Waals surface area contributed by atoms with Gasteiger partial charge in [-0.2, -0.15) is 0 Å². The van der Waals surface area contributed by atoms with Crippen LogP contribution in [0.25, 0.3) is 0 Å². The van der Waals surface area contributed by atoms with E-state index in [0.717, 1.165) is 10.4 Å². The van der Waals surface area contributed by atoms with E-state index in [4.69, 9.17) is 0 Å². The highest BCUT2D eigenvalue weighted by Crippen LogP contribution is 2.26. The van der Waals surface area contributed by atoms with Gasteiger partial charge in [-0.1, -0.05) is 48.5 Å². The van der Waals surface area contributed by atoms with Gasteiger partial charge >= 0.3 is 0 Å². The zero-order valence-electron chi connectivity index (χ0n) is 14.6. The van der Waals surface area contributed by atoms with Crippen LogP contribution in [0.4, 0.5) is 4.39 Å². The molecule has 26 heavy (non-hydrogen) atoms. The quantitative estimate of drug-likeness (QED) is 0.659. The third-order valence-corrected chi connectivity index (χ3v) is 5.26. The molecular formula is C21H22FN2OS+. The number of benzene rings is 2. The third-order valence-electron chi connectivity index (χ3n) is 4.32. The van der Waals surface area contributed by atoms with Crippen molar-refractivity contribution in [1.29, 1.82) is 0 Å². The molecule has 0 unspecified atom stereocenters. The Hall–Kier alpha value is -2.50. The van der Waals surface area contributed by atoms with Gasteiger partial charge in [0.25, 0.3) is 5.91 Å². The van der Waals surface area contributed by atoms with Crippen molar-refractivity contribution in [3.63, 3.8) is 0 Å². The van der Waals surface area contributed by atoms with Crippen LogP contribution in [0.3, 0.4) is 0 Å². The van der Waals surface area contributed by atoms with Gasteiger partial charge in [0.1, 0.15) is 11.9 Å². The van der Waals surface area contributed by atoms with Crippen molar-refractivity contribution in [3.05, 3.63) is 93.9 Å².